The summed E-state index contributed by atoms with van der Waals surface area (Å²) in [4.78, 5) is 4.99. The molecule has 0 saturated heterocycles. The molecule has 0 saturated carbocycles. The second kappa shape index (κ2) is 8.03. The molecule has 1 N–H and O–H groups in total. The van der Waals surface area contributed by atoms with Crippen molar-refractivity contribution in [3.8, 4) is 0 Å². The van der Waals surface area contributed by atoms with E-state index in [-0.39, 0.29) is 10.9 Å². The van der Waals surface area contributed by atoms with Gasteiger partial charge >= 0.3 is 0 Å². The molecule has 0 spiro atoms. The van der Waals surface area contributed by atoms with Crippen molar-refractivity contribution in [3.05, 3.63) is 59.4 Å². The van der Waals surface area contributed by atoms with Crippen LogP contribution in [0.15, 0.2) is 47.4 Å². The summed E-state index contributed by atoms with van der Waals surface area (Å²) in [5.41, 5.74) is 4.16. The molecular weight excluding hydrogens is 372 g/mol. The highest BCUT2D eigenvalue weighted by atomic mass is 32.2. The number of benzene rings is 2. The van der Waals surface area contributed by atoms with E-state index in [4.69, 9.17) is 4.98 Å². The first-order valence-electron chi connectivity index (χ1n) is 9.46. The van der Waals surface area contributed by atoms with Crippen LogP contribution in [0, 0.1) is 6.92 Å². The molecule has 0 bridgehead atoms. The van der Waals surface area contributed by atoms with Gasteiger partial charge < -0.3 is 9.88 Å². The zero-order valence-electron chi connectivity index (χ0n) is 17.1. The first kappa shape index (κ1) is 20.5. The van der Waals surface area contributed by atoms with Crippen molar-refractivity contribution in [2.45, 2.75) is 44.8 Å². The van der Waals surface area contributed by atoms with Crippen LogP contribution >= 0.6 is 0 Å². The van der Waals surface area contributed by atoms with Crippen LogP contribution < -0.4 is 5.32 Å². The molecule has 7 heteroatoms. The molecule has 3 aromatic rings. The molecule has 0 aliphatic heterocycles. The summed E-state index contributed by atoms with van der Waals surface area (Å²) in [6.45, 7) is 7.70. The minimum absolute atomic E-state index is 0.191. The fraction of sp³-hybridized carbons (Fsp3) is 0.381. The first-order chi connectivity index (χ1) is 13.3. The number of sulfonamides is 1. The Labute approximate surface area is 167 Å². The van der Waals surface area contributed by atoms with E-state index in [1.807, 2.05) is 12.1 Å². The van der Waals surface area contributed by atoms with Gasteiger partial charge in [0.1, 0.15) is 5.82 Å². The van der Waals surface area contributed by atoms with Crippen LogP contribution in [0.25, 0.3) is 11.0 Å². The van der Waals surface area contributed by atoms with Gasteiger partial charge in [0.2, 0.25) is 10.0 Å². The highest BCUT2D eigenvalue weighted by Gasteiger charge is 2.19. The third kappa shape index (κ3) is 3.83. The topological polar surface area (TPSA) is 67.2 Å². The van der Waals surface area contributed by atoms with Gasteiger partial charge in [0.05, 0.1) is 22.5 Å². The lowest BCUT2D eigenvalue weighted by atomic mass is 10.0. The average Bonchev–Trinajstić information content (AvgIpc) is 3.02. The summed E-state index contributed by atoms with van der Waals surface area (Å²) >= 11 is 0. The first-order valence-corrected chi connectivity index (χ1v) is 10.9. The Morgan fingerprint density at radius 3 is 2.54 bits per heavy atom. The second-order valence-corrected chi connectivity index (χ2v) is 9.32. The third-order valence-electron chi connectivity index (χ3n) is 5.11. The summed E-state index contributed by atoms with van der Waals surface area (Å²) in [5, 5.41) is 3.54. The summed E-state index contributed by atoms with van der Waals surface area (Å²) in [7, 11) is -0.408. The minimum Gasteiger partial charge on any atom is -0.327 e. The lowest BCUT2D eigenvalue weighted by molar-refractivity contribution is 0.521. The normalized spacial score (nSPS) is 13.4. The standard InChI is InChI=1S/C21H28N4O2S/c1-6-25-20-12-11-17(28(26,27)24(4)5)13-19(20)23-21(25)14-22-16(3)18-10-8-7-9-15(18)2/h7-13,16,22H,6,14H2,1-5H3. The van der Waals surface area contributed by atoms with Gasteiger partial charge in [0.25, 0.3) is 0 Å². The lowest BCUT2D eigenvalue weighted by Crippen LogP contribution is -2.22. The zero-order valence-corrected chi connectivity index (χ0v) is 17.9. The molecule has 1 unspecified atom stereocenters. The van der Waals surface area contributed by atoms with Crippen LogP contribution in [0.5, 0.6) is 0 Å². The fourth-order valence-corrected chi connectivity index (χ4v) is 4.37. The molecule has 0 aliphatic carbocycles. The largest absolute Gasteiger partial charge is 0.327 e. The number of hydrogen-bond donors (Lipinski definition) is 1. The number of nitrogens with one attached hydrogen (secondary N) is 1. The average molecular weight is 401 g/mol. The minimum atomic E-state index is -3.48. The van der Waals surface area contributed by atoms with Crippen molar-refractivity contribution in [1.29, 1.82) is 0 Å². The quantitative estimate of drug-likeness (QED) is 0.659. The van der Waals surface area contributed by atoms with Gasteiger partial charge in [-0.05, 0) is 50.1 Å². The predicted molar refractivity (Wildman–Crippen MR) is 113 cm³/mol. The highest BCUT2D eigenvalue weighted by Crippen LogP contribution is 2.23. The molecule has 3 rings (SSSR count). The van der Waals surface area contributed by atoms with E-state index in [1.54, 1.807) is 12.1 Å². The molecule has 1 atom stereocenters. The van der Waals surface area contributed by atoms with Crippen molar-refractivity contribution >= 4 is 21.1 Å². The van der Waals surface area contributed by atoms with Gasteiger partial charge in [-0.15, -0.1) is 0 Å². The maximum Gasteiger partial charge on any atom is 0.242 e. The third-order valence-corrected chi connectivity index (χ3v) is 6.93. The van der Waals surface area contributed by atoms with Gasteiger partial charge in [0, 0.05) is 26.7 Å². The molecule has 0 fully saturated rings. The highest BCUT2D eigenvalue weighted by molar-refractivity contribution is 7.89. The molecule has 0 aliphatic rings. The van der Waals surface area contributed by atoms with E-state index < -0.39 is 10.0 Å². The van der Waals surface area contributed by atoms with E-state index in [1.165, 1.54) is 29.5 Å². The van der Waals surface area contributed by atoms with Gasteiger partial charge in [-0.2, -0.15) is 0 Å². The number of imidazole rings is 1. The van der Waals surface area contributed by atoms with Crippen molar-refractivity contribution in [3.63, 3.8) is 0 Å². The number of hydrogen-bond acceptors (Lipinski definition) is 4. The summed E-state index contributed by atoms with van der Waals surface area (Å²) in [6, 6.07) is 13.7. The summed E-state index contributed by atoms with van der Waals surface area (Å²) < 4.78 is 28.2. The molecular formula is C21H28N4O2S. The van der Waals surface area contributed by atoms with Gasteiger partial charge in [0.15, 0.2) is 0 Å². The number of fused-ring (bicyclic) bond motifs is 1. The Morgan fingerprint density at radius 1 is 1.18 bits per heavy atom. The molecule has 0 amide bonds. The van der Waals surface area contributed by atoms with E-state index in [0.717, 1.165) is 17.9 Å². The molecule has 0 radical (unpaired) electrons. The maximum absolute atomic E-state index is 12.4. The van der Waals surface area contributed by atoms with Crippen LogP contribution in [-0.2, 0) is 23.1 Å². The smallest absolute Gasteiger partial charge is 0.242 e. The van der Waals surface area contributed by atoms with Crippen LogP contribution in [0.4, 0.5) is 0 Å². The van der Waals surface area contributed by atoms with E-state index in [2.05, 4.69) is 48.9 Å². The molecule has 6 nitrogen and oxygen atoms in total. The van der Waals surface area contributed by atoms with Crippen LogP contribution in [0.2, 0.25) is 0 Å². The van der Waals surface area contributed by atoms with E-state index >= 15 is 0 Å². The van der Waals surface area contributed by atoms with Crippen LogP contribution in [0.3, 0.4) is 0 Å². The Bertz CT molecular complexity index is 1090. The number of aryl methyl sites for hydroxylation is 2. The summed E-state index contributed by atoms with van der Waals surface area (Å²) in [6.07, 6.45) is 0. The summed E-state index contributed by atoms with van der Waals surface area (Å²) in [5.74, 6) is 0.900. The van der Waals surface area contributed by atoms with Gasteiger partial charge in [-0.1, -0.05) is 24.3 Å². The number of nitrogens with zero attached hydrogens (tertiary/aromatic N) is 3. The SMILES string of the molecule is CCn1c(CNC(C)c2ccccc2C)nc2cc(S(=O)(=O)N(C)C)ccc21. The molecule has 2 aromatic carbocycles. The van der Waals surface area contributed by atoms with Crippen molar-refractivity contribution in [2.75, 3.05) is 14.1 Å². The van der Waals surface area contributed by atoms with Crippen molar-refractivity contribution in [2.24, 2.45) is 0 Å². The molecule has 150 valence electrons. The monoisotopic (exact) mass is 400 g/mol. The Balaban J connectivity index is 1.90. The zero-order chi connectivity index (χ0) is 20.5. The van der Waals surface area contributed by atoms with Gasteiger partial charge in [-0.3, -0.25) is 0 Å². The van der Waals surface area contributed by atoms with Crippen molar-refractivity contribution in [1.82, 2.24) is 19.2 Å². The van der Waals surface area contributed by atoms with Gasteiger partial charge in [-0.25, -0.2) is 17.7 Å². The second-order valence-electron chi connectivity index (χ2n) is 7.17. The van der Waals surface area contributed by atoms with Crippen LogP contribution in [0.1, 0.15) is 36.8 Å². The number of rotatable bonds is 7. The fourth-order valence-electron chi connectivity index (χ4n) is 3.45. The molecule has 1 aromatic heterocycles. The Kier molecular flexibility index (Phi) is 5.88. The van der Waals surface area contributed by atoms with E-state index in [9.17, 15) is 8.42 Å². The van der Waals surface area contributed by atoms with E-state index in [0.29, 0.717) is 12.1 Å². The van der Waals surface area contributed by atoms with Crippen molar-refractivity contribution < 1.29 is 8.42 Å². The Hall–Kier alpha value is -2.22. The molecule has 1 heterocycles. The number of aromatic nitrogens is 2. The lowest BCUT2D eigenvalue weighted by Gasteiger charge is -2.16. The maximum atomic E-state index is 12.4. The van der Waals surface area contributed by atoms with Crippen LogP contribution in [-0.4, -0.2) is 36.4 Å². The Morgan fingerprint density at radius 2 is 1.89 bits per heavy atom. The molecule has 28 heavy (non-hydrogen) atoms. The predicted octanol–water partition coefficient (Wildman–Crippen LogP) is 3.47.